The van der Waals surface area contributed by atoms with Crippen molar-refractivity contribution in [1.82, 2.24) is 0 Å². The van der Waals surface area contributed by atoms with Gasteiger partial charge in [0.2, 0.25) is 0 Å². The lowest BCUT2D eigenvalue weighted by Crippen LogP contribution is -2.60. The van der Waals surface area contributed by atoms with Gasteiger partial charge in [-0.3, -0.25) is 9.35 Å². The maximum atomic E-state index is 14.0. The fourth-order valence-electron chi connectivity index (χ4n) is 3.25. The third-order valence-corrected chi connectivity index (χ3v) is 6.46. The standard InChI is InChI=1S/C19H24F10O8S/c1-11(17(22,23)24)36-14(31)16(18(25,26)27,37-13(30)12-7-3-2-4-8-12)35-10-6-5-9-15(20,21)19(28,29)38(32,33)34/h11-12H,2-10H2,1H3,(H,32,33,34). The molecular weight excluding hydrogens is 578 g/mol. The number of alkyl halides is 10. The van der Waals surface area contributed by atoms with E-state index in [1.165, 1.54) is 0 Å². The first-order valence-electron chi connectivity index (χ1n) is 10.9. The minimum Gasteiger partial charge on any atom is -0.448 e. The number of ether oxygens (including phenoxy) is 3. The van der Waals surface area contributed by atoms with Crippen LogP contribution in [-0.2, 0) is 33.9 Å². The molecule has 8 nitrogen and oxygen atoms in total. The lowest BCUT2D eigenvalue weighted by Gasteiger charge is -2.35. The number of rotatable bonds is 12. The van der Waals surface area contributed by atoms with Gasteiger partial charge in [-0.05, 0) is 32.6 Å². The molecule has 0 aromatic heterocycles. The van der Waals surface area contributed by atoms with E-state index in [0.717, 1.165) is 0 Å². The normalized spacial score (nSPS) is 18.9. The minimum atomic E-state index is -6.58. The van der Waals surface area contributed by atoms with Crippen LogP contribution in [0, 0.1) is 5.92 Å². The van der Waals surface area contributed by atoms with Gasteiger partial charge in [-0.1, -0.05) is 19.3 Å². The first-order chi connectivity index (χ1) is 17.0. The molecule has 1 aliphatic carbocycles. The molecular formula is C19H24F10O8S. The highest BCUT2D eigenvalue weighted by atomic mass is 32.2. The second-order valence-electron chi connectivity index (χ2n) is 8.46. The van der Waals surface area contributed by atoms with Gasteiger partial charge in [-0.25, -0.2) is 4.79 Å². The molecule has 1 rings (SSSR count). The third kappa shape index (κ3) is 8.06. The van der Waals surface area contributed by atoms with E-state index in [1.807, 2.05) is 0 Å². The van der Waals surface area contributed by atoms with Crippen LogP contribution in [0.5, 0.6) is 0 Å². The van der Waals surface area contributed by atoms with Crippen LogP contribution in [0.1, 0.15) is 58.3 Å². The third-order valence-electron chi connectivity index (χ3n) is 5.51. The van der Waals surface area contributed by atoms with E-state index in [0.29, 0.717) is 19.3 Å². The van der Waals surface area contributed by atoms with Crippen molar-refractivity contribution >= 4 is 22.1 Å². The summed E-state index contributed by atoms with van der Waals surface area (Å²) in [5.41, 5.74) is 0. The SMILES string of the molecule is CC(OC(=O)C(OCCCCC(F)(F)C(F)(F)S(=O)(=O)O)(OC(=O)C1CCCCC1)C(F)(F)F)C(F)(F)F. The maximum Gasteiger partial charge on any atom is 0.468 e. The molecule has 0 aromatic rings. The molecule has 2 atom stereocenters. The van der Waals surface area contributed by atoms with E-state index >= 15 is 0 Å². The average molecular weight is 602 g/mol. The second kappa shape index (κ2) is 12.1. The Morgan fingerprint density at radius 1 is 0.921 bits per heavy atom. The van der Waals surface area contributed by atoms with Crippen LogP contribution in [0.15, 0.2) is 0 Å². The Balaban J connectivity index is 3.14. The first-order valence-corrected chi connectivity index (χ1v) is 12.4. The van der Waals surface area contributed by atoms with Crippen molar-refractivity contribution in [2.24, 2.45) is 5.92 Å². The van der Waals surface area contributed by atoms with Gasteiger partial charge in [-0.15, -0.1) is 0 Å². The van der Waals surface area contributed by atoms with Crippen molar-refractivity contribution in [1.29, 1.82) is 0 Å². The van der Waals surface area contributed by atoms with Gasteiger partial charge in [0, 0.05) is 6.42 Å². The summed E-state index contributed by atoms with van der Waals surface area (Å²) in [6, 6.07) is 0. The Morgan fingerprint density at radius 3 is 1.89 bits per heavy atom. The fraction of sp³-hybridized carbons (Fsp3) is 0.895. The van der Waals surface area contributed by atoms with Gasteiger partial charge in [-0.2, -0.15) is 52.3 Å². The zero-order chi connectivity index (χ0) is 29.8. The molecule has 0 amide bonds. The minimum absolute atomic E-state index is 0.0256. The van der Waals surface area contributed by atoms with Crippen molar-refractivity contribution in [3.63, 3.8) is 0 Å². The van der Waals surface area contributed by atoms with Gasteiger partial charge in [0.15, 0.2) is 6.10 Å². The van der Waals surface area contributed by atoms with Crippen molar-refractivity contribution in [3.05, 3.63) is 0 Å². The Kier molecular flexibility index (Phi) is 10.9. The summed E-state index contributed by atoms with van der Waals surface area (Å²) in [6.45, 7) is -1.31. The van der Waals surface area contributed by atoms with Crippen LogP contribution in [0.2, 0.25) is 0 Å². The summed E-state index contributed by atoms with van der Waals surface area (Å²) in [7, 11) is -6.58. The Labute approximate surface area is 209 Å². The summed E-state index contributed by atoms with van der Waals surface area (Å²) in [5, 5.41) is -5.95. The lowest BCUT2D eigenvalue weighted by atomic mass is 9.89. The van der Waals surface area contributed by atoms with Gasteiger partial charge in [0.05, 0.1) is 12.5 Å². The van der Waals surface area contributed by atoms with Gasteiger partial charge in [0.25, 0.3) is 0 Å². The number of hydrogen-bond donors (Lipinski definition) is 1. The van der Waals surface area contributed by atoms with E-state index in [1.54, 1.807) is 0 Å². The molecule has 1 aliphatic rings. The zero-order valence-corrected chi connectivity index (χ0v) is 20.3. The van der Waals surface area contributed by atoms with Crippen molar-refractivity contribution in [2.75, 3.05) is 6.61 Å². The highest BCUT2D eigenvalue weighted by Gasteiger charge is 2.69. The van der Waals surface area contributed by atoms with E-state index in [-0.39, 0.29) is 19.8 Å². The number of carbonyl (C=O) groups excluding carboxylic acids is 2. The molecule has 0 bridgehead atoms. The predicted octanol–water partition coefficient (Wildman–Crippen LogP) is 5.17. The highest BCUT2D eigenvalue weighted by Crippen LogP contribution is 2.42. The van der Waals surface area contributed by atoms with Gasteiger partial charge in [0.1, 0.15) is 0 Å². The van der Waals surface area contributed by atoms with Gasteiger partial charge < -0.3 is 14.2 Å². The van der Waals surface area contributed by atoms with E-state index in [4.69, 9.17) is 4.55 Å². The molecule has 224 valence electrons. The van der Waals surface area contributed by atoms with Crippen LogP contribution in [0.4, 0.5) is 43.9 Å². The van der Waals surface area contributed by atoms with E-state index in [9.17, 15) is 61.9 Å². The summed E-state index contributed by atoms with van der Waals surface area (Å²) >= 11 is 0. The van der Waals surface area contributed by atoms with Crippen molar-refractivity contribution < 1.29 is 80.7 Å². The van der Waals surface area contributed by atoms with E-state index in [2.05, 4.69) is 14.2 Å². The Morgan fingerprint density at radius 2 is 1.45 bits per heavy atom. The Hall–Kier alpha value is -1.89. The first kappa shape index (κ1) is 34.1. The molecule has 1 fully saturated rings. The van der Waals surface area contributed by atoms with Crippen LogP contribution < -0.4 is 0 Å². The molecule has 0 saturated heterocycles. The number of halogens is 10. The smallest absolute Gasteiger partial charge is 0.448 e. The molecule has 2 unspecified atom stereocenters. The lowest BCUT2D eigenvalue weighted by molar-refractivity contribution is -0.360. The summed E-state index contributed by atoms with van der Waals surface area (Å²) in [6.07, 6.45) is -17.3. The van der Waals surface area contributed by atoms with E-state index < -0.39 is 89.3 Å². The molecule has 0 spiro atoms. The van der Waals surface area contributed by atoms with Crippen LogP contribution in [-0.4, -0.2) is 66.9 Å². The maximum absolute atomic E-state index is 14.0. The van der Waals surface area contributed by atoms with Crippen molar-refractivity contribution in [3.8, 4) is 0 Å². The summed E-state index contributed by atoms with van der Waals surface area (Å²) in [5.74, 6) is -15.8. The molecule has 0 aromatic carbocycles. The quantitative estimate of drug-likeness (QED) is 0.107. The summed E-state index contributed by atoms with van der Waals surface area (Å²) in [4.78, 5) is 24.7. The largest absolute Gasteiger partial charge is 0.468 e. The average Bonchev–Trinajstić information content (AvgIpc) is 2.75. The number of esters is 2. The molecule has 1 N–H and O–H groups in total. The zero-order valence-electron chi connectivity index (χ0n) is 19.5. The van der Waals surface area contributed by atoms with Crippen molar-refractivity contribution in [2.45, 2.75) is 93.7 Å². The van der Waals surface area contributed by atoms with Crippen LogP contribution in [0.25, 0.3) is 0 Å². The molecule has 1 saturated carbocycles. The second-order valence-corrected chi connectivity index (χ2v) is 9.92. The molecule has 0 heterocycles. The molecule has 0 radical (unpaired) electrons. The number of unbranched alkanes of at least 4 members (excludes halogenated alkanes) is 1. The topological polar surface area (TPSA) is 116 Å². The monoisotopic (exact) mass is 602 g/mol. The number of carbonyl (C=O) groups is 2. The summed E-state index contributed by atoms with van der Waals surface area (Å²) < 4.78 is 175. The molecule has 19 heteroatoms. The molecule has 38 heavy (non-hydrogen) atoms. The predicted molar refractivity (Wildman–Crippen MR) is 104 cm³/mol. The van der Waals surface area contributed by atoms with Crippen LogP contribution in [0.3, 0.4) is 0 Å². The van der Waals surface area contributed by atoms with Crippen LogP contribution >= 0.6 is 0 Å². The fourth-order valence-corrected chi connectivity index (χ4v) is 3.73. The highest BCUT2D eigenvalue weighted by molar-refractivity contribution is 7.87. The number of hydrogen-bond acceptors (Lipinski definition) is 7. The van der Waals surface area contributed by atoms with Gasteiger partial charge >= 0.3 is 51.4 Å². The Bertz CT molecular complexity index is 929. The molecule has 0 aliphatic heterocycles.